The Bertz CT molecular complexity index is 542. The predicted molar refractivity (Wildman–Crippen MR) is 96.0 cm³/mol. The van der Waals surface area contributed by atoms with Crippen LogP contribution < -0.4 is 0 Å². The lowest BCUT2D eigenvalue weighted by Gasteiger charge is -2.32. The van der Waals surface area contributed by atoms with Crippen molar-refractivity contribution in [1.82, 2.24) is 0 Å². The molecule has 0 aromatic heterocycles. The second-order valence-electron chi connectivity index (χ2n) is 7.94. The maximum atomic E-state index is 10.6. The van der Waals surface area contributed by atoms with E-state index in [2.05, 4.69) is 13.0 Å². The minimum atomic E-state index is -0.251. The van der Waals surface area contributed by atoms with E-state index in [1.54, 1.807) is 6.07 Å². The topological polar surface area (TPSA) is 60.7 Å². The maximum absolute atomic E-state index is 10.6. The summed E-state index contributed by atoms with van der Waals surface area (Å²) in [6.45, 7) is 2.18. The summed E-state index contributed by atoms with van der Waals surface area (Å²) in [4.78, 5) is 0. The van der Waals surface area contributed by atoms with Gasteiger partial charge in [-0.1, -0.05) is 38.3 Å². The van der Waals surface area contributed by atoms with Crippen LogP contribution in [-0.2, 0) is 12.8 Å². The van der Waals surface area contributed by atoms with E-state index in [0.717, 1.165) is 50.5 Å². The molecular formula is C21H32O3. The third-order valence-corrected chi connectivity index (χ3v) is 6.34. The molecule has 2 aliphatic rings. The molecule has 3 nitrogen and oxygen atoms in total. The fourth-order valence-corrected chi connectivity index (χ4v) is 4.98. The fraction of sp³-hybridized carbons (Fsp3) is 0.714. The molecule has 3 heteroatoms. The van der Waals surface area contributed by atoms with Crippen molar-refractivity contribution in [1.29, 1.82) is 0 Å². The van der Waals surface area contributed by atoms with Crippen molar-refractivity contribution in [3.63, 3.8) is 0 Å². The second kappa shape index (κ2) is 7.88. The number of aliphatic hydroxyl groups is 2. The van der Waals surface area contributed by atoms with Gasteiger partial charge in [-0.15, -0.1) is 0 Å². The van der Waals surface area contributed by atoms with Crippen molar-refractivity contribution < 1.29 is 15.3 Å². The summed E-state index contributed by atoms with van der Waals surface area (Å²) in [6.07, 6.45) is 8.31. The molecule has 1 fully saturated rings. The summed E-state index contributed by atoms with van der Waals surface area (Å²) >= 11 is 0. The number of phenolic OH excluding ortho intramolecular Hbond substituents is 1. The van der Waals surface area contributed by atoms with Gasteiger partial charge in [-0.25, -0.2) is 0 Å². The Balaban J connectivity index is 1.59. The zero-order chi connectivity index (χ0) is 17.1. The molecule has 0 unspecified atom stereocenters. The van der Waals surface area contributed by atoms with E-state index in [4.69, 9.17) is 0 Å². The van der Waals surface area contributed by atoms with Crippen LogP contribution in [0.1, 0.15) is 63.0 Å². The highest BCUT2D eigenvalue weighted by Gasteiger charge is 2.44. The molecule has 24 heavy (non-hydrogen) atoms. The second-order valence-corrected chi connectivity index (χ2v) is 7.94. The molecule has 0 aliphatic heterocycles. The van der Waals surface area contributed by atoms with E-state index in [-0.39, 0.29) is 12.2 Å². The summed E-state index contributed by atoms with van der Waals surface area (Å²) in [5.74, 6) is 1.68. The number of rotatable bonds is 7. The Morgan fingerprint density at radius 2 is 2.00 bits per heavy atom. The van der Waals surface area contributed by atoms with Gasteiger partial charge >= 0.3 is 0 Å². The van der Waals surface area contributed by atoms with Crippen molar-refractivity contribution in [2.24, 2.45) is 17.8 Å². The van der Waals surface area contributed by atoms with E-state index in [1.165, 1.54) is 18.4 Å². The number of aromatic hydroxyl groups is 1. The Morgan fingerprint density at radius 3 is 2.79 bits per heavy atom. The highest BCUT2D eigenvalue weighted by Crippen LogP contribution is 2.48. The van der Waals surface area contributed by atoms with Gasteiger partial charge in [0.1, 0.15) is 5.75 Å². The van der Waals surface area contributed by atoms with E-state index in [9.17, 15) is 15.3 Å². The van der Waals surface area contributed by atoms with E-state index < -0.39 is 0 Å². The van der Waals surface area contributed by atoms with Crippen LogP contribution in [0.25, 0.3) is 0 Å². The number of fused-ring (bicyclic) bond motifs is 2. The minimum Gasteiger partial charge on any atom is -0.508 e. The third kappa shape index (κ3) is 3.78. The van der Waals surface area contributed by atoms with Gasteiger partial charge in [0.05, 0.1) is 12.2 Å². The van der Waals surface area contributed by atoms with Crippen LogP contribution in [0.2, 0.25) is 0 Å². The molecule has 0 heterocycles. The zero-order valence-electron chi connectivity index (χ0n) is 14.8. The molecule has 0 bridgehead atoms. The lowest BCUT2D eigenvalue weighted by atomic mass is 9.73. The van der Waals surface area contributed by atoms with Gasteiger partial charge in [-0.2, -0.15) is 0 Å². The largest absolute Gasteiger partial charge is 0.508 e. The van der Waals surface area contributed by atoms with Gasteiger partial charge in [0.2, 0.25) is 0 Å². The van der Waals surface area contributed by atoms with E-state index in [0.29, 0.717) is 23.5 Å². The van der Waals surface area contributed by atoms with Crippen LogP contribution in [0.15, 0.2) is 18.2 Å². The fourth-order valence-electron chi connectivity index (χ4n) is 4.98. The molecule has 3 rings (SSSR count). The first-order chi connectivity index (χ1) is 11.6. The molecular weight excluding hydrogens is 300 g/mol. The molecule has 0 saturated heterocycles. The normalized spacial score (nSPS) is 30.0. The molecule has 3 N–H and O–H groups in total. The molecule has 0 radical (unpaired) electrons. The van der Waals surface area contributed by atoms with Crippen molar-refractivity contribution in [2.45, 2.75) is 76.9 Å². The first-order valence-electron chi connectivity index (χ1n) is 9.76. The number of phenols is 1. The SMILES string of the molecule is CCCCC[C@H](O)CC[C@@H]1[C@H]2Cc3cccc(O)c3C[C@H]2C[C@H]1O. The molecule has 1 saturated carbocycles. The third-order valence-electron chi connectivity index (χ3n) is 6.34. The van der Waals surface area contributed by atoms with Crippen LogP contribution in [0.3, 0.4) is 0 Å². The Morgan fingerprint density at radius 1 is 1.17 bits per heavy atom. The number of hydrogen-bond acceptors (Lipinski definition) is 3. The van der Waals surface area contributed by atoms with Crippen molar-refractivity contribution >= 4 is 0 Å². The average Bonchev–Trinajstić information content (AvgIpc) is 2.86. The summed E-state index contributed by atoms with van der Waals surface area (Å²) in [5, 5.41) is 30.8. The molecule has 2 aliphatic carbocycles. The summed E-state index contributed by atoms with van der Waals surface area (Å²) in [7, 11) is 0. The highest BCUT2D eigenvalue weighted by molar-refractivity contribution is 5.42. The Labute approximate surface area is 145 Å². The zero-order valence-corrected chi connectivity index (χ0v) is 14.8. The lowest BCUT2D eigenvalue weighted by molar-refractivity contribution is 0.0869. The van der Waals surface area contributed by atoms with Gasteiger partial charge in [0.25, 0.3) is 0 Å². The quantitative estimate of drug-likeness (QED) is 0.665. The van der Waals surface area contributed by atoms with Crippen molar-refractivity contribution in [2.75, 3.05) is 0 Å². The first kappa shape index (κ1) is 17.8. The molecule has 0 spiro atoms. The number of benzene rings is 1. The number of unbranched alkanes of at least 4 members (excludes halogenated alkanes) is 2. The van der Waals surface area contributed by atoms with Crippen LogP contribution in [-0.4, -0.2) is 27.5 Å². The van der Waals surface area contributed by atoms with Gasteiger partial charge < -0.3 is 15.3 Å². The minimum absolute atomic E-state index is 0.220. The van der Waals surface area contributed by atoms with Gasteiger partial charge in [-0.3, -0.25) is 0 Å². The monoisotopic (exact) mass is 332 g/mol. The molecule has 0 amide bonds. The predicted octanol–water partition coefficient (Wildman–Crippen LogP) is 3.83. The Kier molecular flexibility index (Phi) is 5.83. The molecule has 134 valence electrons. The molecule has 1 aromatic carbocycles. The van der Waals surface area contributed by atoms with Crippen LogP contribution in [0, 0.1) is 17.8 Å². The Hall–Kier alpha value is -1.06. The number of aliphatic hydroxyl groups excluding tert-OH is 2. The maximum Gasteiger partial charge on any atom is 0.119 e. The van der Waals surface area contributed by atoms with Crippen LogP contribution >= 0.6 is 0 Å². The first-order valence-corrected chi connectivity index (χ1v) is 9.76. The smallest absolute Gasteiger partial charge is 0.119 e. The molecule has 1 aromatic rings. The van der Waals surface area contributed by atoms with E-state index >= 15 is 0 Å². The van der Waals surface area contributed by atoms with Gasteiger partial charge in [-0.05, 0) is 73.5 Å². The van der Waals surface area contributed by atoms with Crippen LogP contribution in [0.5, 0.6) is 5.75 Å². The lowest BCUT2D eigenvalue weighted by Crippen LogP contribution is -2.27. The summed E-state index contributed by atoms with van der Waals surface area (Å²) < 4.78 is 0. The van der Waals surface area contributed by atoms with E-state index in [1.807, 2.05) is 6.07 Å². The highest BCUT2D eigenvalue weighted by atomic mass is 16.3. The standard InChI is InChI=1S/C21H32O3/c1-2-3-4-7-16(22)9-10-17-18-11-14-6-5-8-20(23)19(14)12-15(18)13-21(17)24/h5-6,8,15-18,21-24H,2-4,7,9-13H2,1H3/t15-,16-,17+,18-,21+/m0/s1. The average molecular weight is 332 g/mol. The van der Waals surface area contributed by atoms with Crippen molar-refractivity contribution in [3.8, 4) is 5.75 Å². The number of hydrogen-bond donors (Lipinski definition) is 3. The molecule has 5 atom stereocenters. The van der Waals surface area contributed by atoms with Gasteiger partial charge in [0, 0.05) is 0 Å². The van der Waals surface area contributed by atoms with Crippen molar-refractivity contribution in [3.05, 3.63) is 29.3 Å². The van der Waals surface area contributed by atoms with Crippen LogP contribution in [0.4, 0.5) is 0 Å². The summed E-state index contributed by atoms with van der Waals surface area (Å²) in [5.41, 5.74) is 2.34. The summed E-state index contributed by atoms with van der Waals surface area (Å²) in [6, 6.07) is 5.81. The van der Waals surface area contributed by atoms with Gasteiger partial charge in [0.15, 0.2) is 0 Å².